The molecule has 2 aromatic carbocycles. The molecule has 0 aliphatic rings. The van der Waals surface area contributed by atoms with Gasteiger partial charge < -0.3 is 11.1 Å². The number of nitrogens with two attached hydrogens (primary N) is 1. The molecule has 0 aliphatic heterocycles. The molecule has 2 rings (SSSR count). The molecule has 0 unspecified atom stereocenters. The van der Waals surface area contributed by atoms with Crippen LogP contribution in [0.25, 0.3) is 0 Å². The largest absolute Gasteiger partial charge is 0.397 e. The van der Waals surface area contributed by atoms with Crippen molar-refractivity contribution in [3.63, 3.8) is 0 Å². The number of amides is 1. The number of anilines is 2. The standard InChI is InChI=1S/C14H12BrClN2OS/c15-10-3-1-2-4-13(10)20-8-14(19)18-12-7-9(16)5-6-11(12)17/h1-7H,8,17H2,(H,18,19). The predicted molar refractivity (Wildman–Crippen MR) is 89.4 cm³/mol. The maximum absolute atomic E-state index is 11.9. The molecule has 6 heteroatoms. The van der Waals surface area contributed by atoms with Gasteiger partial charge in [0.05, 0.1) is 17.1 Å². The van der Waals surface area contributed by atoms with Crippen molar-refractivity contribution in [2.75, 3.05) is 16.8 Å². The molecule has 0 heterocycles. The van der Waals surface area contributed by atoms with E-state index in [1.165, 1.54) is 11.8 Å². The van der Waals surface area contributed by atoms with Gasteiger partial charge in [-0.3, -0.25) is 4.79 Å². The molecule has 3 N–H and O–H groups in total. The first-order chi connectivity index (χ1) is 9.56. The minimum atomic E-state index is -0.125. The molecule has 0 saturated carbocycles. The lowest BCUT2D eigenvalue weighted by atomic mass is 10.2. The Hall–Kier alpha value is -1.17. The molecule has 1 amide bonds. The van der Waals surface area contributed by atoms with Crippen molar-refractivity contribution >= 4 is 56.6 Å². The van der Waals surface area contributed by atoms with Crippen LogP contribution in [-0.2, 0) is 4.79 Å². The van der Waals surface area contributed by atoms with E-state index in [1.807, 2.05) is 24.3 Å². The first-order valence-electron chi connectivity index (χ1n) is 5.78. The van der Waals surface area contributed by atoms with Crippen molar-refractivity contribution in [2.45, 2.75) is 4.90 Å². The van der Waals surface area contributed by atoms with Crippen LogP contribution in [0, 0.1) is 0 Å². The molecule has 2 aromatic rings. The van der Waals surface area contributed by atoms with Crippen LogP contribution in [0.3, 0.4) is 0 Å². The number of hydrogen-bond donors (Lipinski definition) is 2. The van der Waals surface area contributed by atoms with Gasteiger partial charge in [0.1, 0.15) is 0 Å². The highest BCUT2D eigenvalue weighted by Crippen LogP contribution is 2.28. The van der Waals surface area contributed by atoms with Crippen LogP contribution in [0.1, 0.15) is 0 Å². The number of halogens is 2. The Morgan fingerprint density at radius 2 is 2.05 bits per heavy atom. The molecule has 0 fully saturated rings. The van der Waals surface area contributed by atoms with Gasteiger partial charge in [-0.15, -0.1) is 11.8 Å². The van der Waals surface area contributed by atoms with Gasteiger partial charge in [-0.1, -0.05) is 23.7 Å². The highest BCUT2D eigenvalue weighted by molar-refractivity contribution is 9.10. The molecule has 3 nitrogen and oxygen atoms in total. The summed E-state index contributed by atoms with van der Waals surface area (Å²) < 4.78 is 0.972. The van der Waals surface area contributed by atoms with Crippen molar-refractivity contribution in [1.29, 1.82) is 0 Å². The molecule has 0 bridgehead atoms. The third kappa shape index (κ3) is 4.16. The van der Waals surface area contributed by atoms with Gasteiger partial charge >= 0.3 is 0 Å². The number of nitrogens with one attached hydrogen (secondary N) is 1. The fourth-order valence-electron chi connectivity index (χ4n) is 1.53. The monoisotopic (exact) mass is 370 g/mol. The Morgan fingerprint density at radius 1 is 1.30 bits per heavy atom. The minimum absolute atomic E-state index is 0.125. The number of nitrogen functional groups attached to an aromatic ring is 1. The lowest BCUT2D eigenvalue weighted by molar-refractivity contribution is -0.113. The molecule has 20 heavy (non-hydrogen) atoms. The first kappa shape index (κ1) is 15.2. The summed E-state index contributed by atoms with van der Waals surface area (Å²) in [4.78, 5) is 12.9. The average Bonchev–Trinajstić information content (AvgIpc) is 2.42. The summed E-state index contributed by atoms with van der Waals surface area (Å²) in [7, 11) is 0. The number of carbonyl (C=O) groups is 1. The molecule has 0 saturated heterocycles. The van der Waals surface area contributed by atoms with Crippen LogP contribution in [-0.4, -0.2) is 11.7 Å². The Morgan fingerprint density at radius 3 is 2.80 bits per heavy atom. The van der Waals surface area contributed by atoms with Crippen LogP contribution in [0.15, 0.2) is 51.8 Å². The maximum Gasteiger partial charge on any atom is 0.234 e. The van der Waals surface area contributed by atoms with Gasteiger partial charge in [-0.05, 0) is 46.3 Å². The Labute approximate surface area is 135 Å². The van der Waals surface area contributed by atoms with E-state index in [9.17, 15) is 4.79 Å². The van der Waals surface area contributed by atoms with Crippen LogP contribution < -0.4 is 11.1 Å². The van der Waals surface area contributed by atoms with E-state index in [4.69, 9.17) is 17.3 Å². The van der Waals surface area contributed by atoms with Gasteiger partial charge in [-0.25, -0.2) is 0 Å². The Bertz CT molecular complexity index is 636. The van der Waals surface area contributed by atoms with Gasteiger partial charge in [0.25, 0.3) is 0 Å². The van der Waals surface area contributed by atoms with Gasteiger partial charge in [-0.2, -0.15) is 0 Å². The average molecular weight is 372 g/mol. The number of thioether (sulfide) groups is 1. The van der Waals surface area contributed by atoms with E-state index < -0.39 is 0 Å². The van der Waals surface area contributed by atoms with Crippen LogP contribution in [0.2, 0.25) is 5.02 Å². The van der Waals surface area contributed by atoms with Gasteiger partial charge in [0, 0.05) is 14.4 Å². The quantitative estimate of drug-likeness (QED) is 0.618. The molecule has 0 atom stereocenters. The van der Waals surface area contributed by atoms with E-state index in [0.29, 0.717) is 22.2 Å². The molecular formula is C14H12BrClN2OS. The normalized spacial score (nSPS) is 10.3. The van der Waals surface area contributed by atoms with Crippen molar-refractivity contribution in [3.05, 3.63) is 52.0 Å². The highest BCUT2D eigenvalue weighted by Gasteiger charge is 2.08. The van der Waals surface area contributed by atoms with E-state index >= 15 is 0 Å². The summed E-state index contributed by atoms with van der Waals surface area (Å²) in [6.07, 6.45) is 0. The SMILES string of the molecule is Nc1ccc(Cl)cc1NC(=O)CSc1ccccc1Br. The molecule has 0 aliphatic carbocycles. The van der Waals surface area contributed by atoms with E-state index in [-0.39, 0.29) is 5.91 Å². The molecule has 0 spiro atoms. The van der Waals surface area contributed by atoms with E-state index in [0.717, 1.165) is 9.37 Å². The van der Waals surface area contributed by atoms with Crippen LogP contribution >= 0.6 is 39.3 Å². The molecular weight excluding hydrogens is 360 g/mol. The zero-order chi connectivity index (χ0) is 14.5. The van der Waals surface area contributed by atoms with E-state index in [2.05, 4.69) is 21.2 Å². The van der Waals surface area contributed by atoms with Crippen LogP contribution in [0.4, 0.5) is 11.4 Å². The number of rotatable bonds is 4. The Kier molecular flexibility index (Phi) is 5.34. The van der Waals surface area contributed by atoms with Crippen LogP contribution in [0.5, 0.6) is 0 Å². The summed E-state index contributed by atoms with van der Waals surface area (Å²) in [5, 5.41) is 3.29. The van der Waals surface area contributed by atoms with Crippen molar-refractivity contribution < 1.29 is 4.79 Å². The zero-order valence-electron chi connectivity index (χ0n) is 10.4. The molecule has 104 valence electrons. The second-order valence-electron chi connectivity index (χ2n) is 4.00. The van der Waals surface area contributed by atoms with Crippen molar-refractivity contribution in [2.24, 2.45) is 0 Å². The van der Waals surface area contributed by atoms with Crippen molar-refractivity contribution in [3.8, 4) is 0 Å². The maximum atomic E-state index is 11.9. The lowest BCUT2D eigenvalue weighted by Crippen LogP contribution is -2.15. The number of carbonyl (C=O) groups excluding carboxylic acids is 1. The summed E-state index contributed by atoms with van der Waals surface area (Å²) in [6.45, 7) is 0. The molecule has 0 aromatic heterocycles. The Balaban J connectivity index is 1.96. The third-order valence-electron chi connectivity index (χ3n) is 2.48. The number of hydrogen-bond acceptors (Lipinski definition) is 3. The number of benzene rings is 2. The molecule has 0 radical (unpaired) electrons. The smallest absolute Gasteiger partial charge is 0.234 e. The summed E-state index contributed by atoms with van der Waals surface area (Å²) in [6, 6.07) is 12.7. The fourth-order valence-corrected chi connectivity index (χ4v) is 3.07. The first-order valence-corrected chi connectivity index (χ1v) is 7.94. The fraction of sp³-hybridized carbons (Fsp3) is 0.0714. The van der Waals surface area contributed by atoms with Gasteiger partial charge in [0.2, 0.25) is 5.91 Å². The van der Waals surface area contributed by atoms with Crippen molar-refractivity contribution in [1.82, 2.24) is 0 Å². The summed E-state index contributed by atoms with van der Waals surface area (Å²) in [5.74, 6) is 0.175. The topological polar surface area (TPSA) is 55.1 Å². The van der Waals surface area contributed by atoms with Gasteiger partial charge in [0.15, 0.2) is 0 Å². The lowest BCUT2D eigenvalue weighted by Gasteiger charge is -2.09. The minimum Gasteiger partial charge on any atom is -0.397 e. The second-order valence-corrected chi connectivity index (χ2v) is 6.31. The summed E-state index contributed by atoms with van der Waals surface area (Å²) in [5.41, 5.74) is 6.81. The third-order valence-corrected chi connectivity index (χ3v) is 4.75. The zero-order valence-corrected chi connectivity index (χ0v) is 13.6. The summed E-state index contributed by atoms with van der Waals surface area (Å²) >= 11 is 10.8. The second kappa shape index (κ2) is 7.02. The van der Waals surface area contributed by atoms with E-state index in [1.54, 1.807) is 18.2 Å². The highest BCUT2D eigenvalue weighted by atomic mass is 79.9. The predicted octanol–water partition coefficient (Wildman–Crippen LogP) is 4.42.